The third-order valence-electron chi connectivity index (χ3n) is 9.11. The van der Waals surface area contributed by atoms with Gasteiger partial charge in [-0.15, -0.1) is 0 Å². The fourth-order valence-electron chi connectivity index (χ4n) is 5.76. The molecule has 0 aliphatic rings. The highest BCUT2D eigenvalue weighted by Crippen LogP contribution is 2.12. The van der Waals surface area contributed by atoms with Gasteiger partial charge in [0, 0.05) is 12.8 Å². The Morgan fingerprint density at radius 3 is 1.18 bits per heavy atom. The highest BCUT2D eigenvalue weighted by atomic mass is 16.6. The van der Waals surface area contributed by atoms with Crippen molar-refractivity contribution < 1.29 is 24.2 Å². The smallest absolute Gasteiger partial charge is 0.306 e. The zero-order valence-electron chi connectivity index (χ0n) is 35.4. The molecule has 5 nitrogen and oxygen atoms in total. The maximum Gasteiger partial charge on any atom is 0.306 e. The number of allylic oxidation sites excluding steroid dienone is 16. The van der Waals surface area contributed by atoms with Crippen LogP contribution in [-0.4, -0.2) is 36.4 Å². The summed E-state index contributed by atoms with van der Waals surface area (Å²) >= 11 is 0. The summed E-state index contributed by atoms with van der Waals surface area (Å²) < 4.78 is 10.6. The second-order valence-corrected chi connectivity index (χ2v) is 14.4. The van der Waals surface area contributed by atoms with Gasteiger partial charge in [0.1, 0.15) is 6.61 Å². The third-order valence-corrected chi connectivity index (χ3v) is 9.11. The number of unbranched alkanes of at least 4 members (excludes halogenated alkanes) is 15. The molecule has 0 aliphatic carbocycles. The van der Waals surface area contributed by atoms with Crippen LogP contribution in [0.15, 0.2) is 97.2 Å². The van der Waals surface area contributed by atoms with E-state index in [0.717, 1.165) is 96.3 Å². The first-order valence-corrected chi connectivity index (χ1v) is 22.3. The minimum Gasteiger partial charge on any atom is -0.462 e. The molecule has 0 amide bonds. The van der Waals surface area contributed by atoms with E-state index in [1.54, 1.807) is 0 Å². The molecule has 0 saturated heterocycles. The SMILES string of the molecule is CC/C=C\C/C=C\C/C=C\C/C=C\C/C=C\C/C=C\CCCCCCCCC(=O)OC(CO)COC(=O)CCCCCCC/C=C\C/C=C\CCCCCC. The van der Waals surface area contributed by atoms with Gasteiger partial charge in [0.2, 0.25) is 0 Å². The Hall–Kier alpha value is -3.18. The lowest BCUT2D eigenvalue weighted by Gasteiger charge is -2.15. The van der Waals surface area contributed by atoms with Gasteiger partial charge in [-0.1, -0.05) is 175 Å². The van der Waals surface area contributed by atoms with E-state index in [1.807, 2.05) is 0 Å². The summed E-state index contributed by atoms with van der Waals surface area (Å²) in [5.74, 6) is -0.631. The Bertz CT molecular complexity index is 1090. The molecule has 0 heterocycles. The highest BCUT2D eigenvalue weighted by Gasteiger charge is 2.16. The molecule has 0 aromatic rings. The normalized spacial score (nSPS) is 13.1. The van der Waals surface area contributed by atoms with Crippen molar-refractivity contribution in [2.45, 2.75) is 193 Å². The molecule has 1 atom stereocenters. The third kappa shape index (κ3) is 43.4. The molecular formula is C50H82O5. The van der Waals surface area contributed by atoms with Crippen molar-refractivity contribution in [3.63, 3.8) is 0 Å². The summed E-state index contributed by atoms with van der Waals surface area (Å²) in [4.78, 5) is 24.3. The minimum atomic E-state index is -0.792. The Balaban J connectivity index is 3.64. The van der Waals surface area contributed by atoms with E-state index in [0.29, 0.717) is 12.8 Å². The first-order valence-electron chi connectivity index (χ1n) is 22.3. The van der Waals surface area contributed by atoms with Gasteiger partial charge in [0.25, 0.3) is 0 Å². The topological polar surface area (TPSA) is 72.8 Å². The lowest BCUT2D eigenvalue weighted by molar-refractivity contribution is -0.161. The number of ether oxygens (including phenoxy) is 2. The van der Waals surface area contributed by atoms with Crippen LogP contribution in [0.2, 0.25) is 0 Å². The minimum absolute atomic E-state index is 0.0851. The average molecular weight is 763 g/mol. The number of esters is 2. The van der Waals surface area contributed by atoms with Crippen LogP contribution >= 0.6 is 0 Å². The number of carbonyl (C=O) groups excluding carboxylic acids is 2. The van der Waals surface area contributed by atoms with E-state index >= 15 is 0 Å². The largest absolute Gasteiger partial charge is 0.462 e. The molecule has 0 radical (unpaired) electrons. The van der Waals surface area contributed by atoms with Gasteiger partial charge >= 0.3 is 11.9 Å². The van der Waals surface area contributed by atoms with Gasteiger partial charge in [0.15, 0.2) is 6.10 Å². The molecule has 0 fully saturated rings. The second kappa shape index (κ2) is 45.2. The van der Waals surface area contributed by atoms with Gasteiger partial charge in [-0.25, -0.2) is 0 Å². The fraction of sp³-hybridized carbons (Fsp3) is 0.640. The fourth-order valence-corrected chi connectivity index (χ4v) is 5.76. The maximum absolute atomic E-state index is 12.2. The molecule has 312 valence electrons. The Morgan fingerprint density at radius 2 is 0.782 bits per heavy atom. The van der Waals surface area contributed by atoms with Crippen LogP contribution in [0.1, 0.15) is 187 Å². The molecule has 55 heavy (non-hydrogen) atoms. The van der Waals surface area contributed by atoms with E-state index < -0.39 is 6.10 Å². The first kappa shape index (κ1) is 51.8. The molecule has 1 unspecified atom stereocenters. The number of carbonyl (C=O) groups is 2. The van der Waals surface area contributed by atoms with Crippen molar-refractivity contribution in [2.24, 2.45) is 0 Å². The molecular weight excluding hydrogens is 681 g/mol. The maximum atomic E-state index is 12.2. The quantitative estimate of drug-likeness (QED) is 0.0383. The monoisotopic (exact) mass is 763 g/mol. The van der Waals surface area contributed by atoms with Gasteiger partial charge in [0.05, 0.1) is 6.61 Å². The molecule has 0 saturated carbocycles. The van der Waals surface area contributed by atoms with Crippen LogP contribution in [0.3, 0.4) is 0 Å². The number of hydrogen-bond acceptors (Lipinski definition) is 5. The molecule has 0 spiro atoms. The predicted molar refractivity (Wildman–Crippen MR) is 237 cm³/mol. The van der Waals surface area contributed by atoms with Crippen LogP contribution in [0.4, 0.5) is 0 Å². The van der Waals surface area contributed by atoms with Gasteiger partial charge in [-0.2, -0.15) is 0 Å². The number of rotatable bonds is 39. The van der Waals surface area contributed by atoms with E-state index in [9.17, 15) is 14.7 Å². The van der Waals surface area contributed by atoms with Crippen molar-refractivity contribution in [3.05, 3.63) is 97.2 Å². The lowest BCUT2D eigenvalue weighted by Crippen LogP contribution is -2.28. The highest BCUT2D eigenvalue weighted by molar-refractivity contribution is 5.70. The summed E-state index contributed by atoms with van der Waals surface area (Å²) in [6, 6.07) is 0. The van der Waals surface area contributed by atoms with Crippen molar-refractivity contribution in [3.8, 4) is 0 Å². The summed E-state index contributed by atoms with van der Waals surface area (Å²) in [5, 5.41) is 9.59. The van der Waals surface area contributed by atoms with Crippen molar-refractivity contribution >= 4 is 11.9 Å². The summed E-state index contributed by atoms with van der Waals surface area (Å²) in [5.41, 5.74) is 0. The van der Waals surface area contributed by atoms with Crippen LogP contribution in [0.5, 0.6) is 0 Å². The molecule has 0 aromatic carbocycles. The van der Waals surface area contributed by atoms with Crippen molar-refractivity contribution in [1.29, 1.82) is 0 Å². The molecule has 0 bridgehead atoms. The molecule has 0 aromatic heterocycles. The van der Waals surface area contributed by atoms with Crippen molar-refractivity contribution in [1.82, 2.24) is 0 Å². The number of hydrogen-bond donors (Lipinski definition) is 1. The molecule has 5 heteroatoms. The molecule has 0 aliphatic heterocycles. The summed E-state index contributed by atoms with van der Waals surface area (Å²) in [6.07, 6.45) is 63.3. The Labute approximate surface area is 338 Å². The van der Waals surface area contributed by atoms with Gasteiger partial charge in [-0.3, -0.25) is 9.59 Å². The van der Waals surface area contributed by atoms with Crippen LogP contribution in [0, 0.1) is 0 Å². The predicted octanol–water partition coefficient (Wildman–Crippen LogP) is 14.5. The van der Waals surface area contributed by atoms with Gasteiger partial charge < -0.3 is 14.6 Å². The van der Waals surface area contributed by atoms with E-state index in [-0.39, 0.29) is 25.2 Å². The Kier molecular flexibility index (Phi) is 42.6. The number of aliphatic hydroxyl groups excluding tert-OH is 1. The summed E-state index contributed by atoms with van der Waals surface area (Å²) in [6.45, 7) is 3.97. The van der Waals surface area contributed by atoms with Gasteiger partial charge in [-0.05, 0) is 96.3 Å². The zero-order valence-corrected chi connectivity index (χ0v) is 35.4. The number of aliphatic hydroxyl groups is 1. The van der Waals surface area contributed by atoms with E-state index in [1.165, 1.54) is 64.2 Å². The van der Waals surface area contributed by atoms with Crippen LogP contribution in [0.25, 0.3) is 0 Å². The molecule has 1 N–H and O–H groups in total. The first-order chi connectivity index (χ1) is 27.1. The summed E-state index contributed by atoms with van der Waals surface area (Å²) in [7, 11) is 0. The van der Waals surface area contributed by atoms with Crippen LogP contribution in [-0.2, 0) is 19.1 Å². The molecule has 0 rings (SSSR count). The second-order valence-electron chi connectivity index (χ2n) is 14.4. The zero-order chi connectivity index (χ0) is 40.0. The van der Waals surface area contributed by atoms with Crippen LogP contribution < -0.4 is 0 Å². The van der Waals surface area contributed by atoms with E-state index in [2.05, 4.69) is 111 Å². The lowest BCUT2D eigenvalue weighted by atomic mass is 10.1. The average Bonchev–Trinajstić information content (AvgIpc) is 3.19. The standard InChI is InChI=1S/C50H82O5/c1-3-5-7-9-11-13-15-17-19-21-22-23-24-25-26-27-28-29-31-33-35-37-39-41-43-45-50(53)55-48(46-51)47-54-49(52)44-42-40-38-36-34-32-30-20-18-16-14-12-10-8-6-4-2/h5,7,11,13-14,16-17,19-20,22-23,25-26,28-30,48,51H,3-4,6,8-10,12,15,18,21,24,27,31-47H2,1-2H3/b7-5-,13-11-,16-14-,19-17-,23-22-,26-25-,29-28-,30-20-. The Morgan fingerprint density at radius 1 is 0.436 bits per heavy atom. The van der Waals surface area contributed by atoms with E-state index in [4.69, 9.17) is 9.47 Å². The van der Waals surface area contributed by atoms with Crippen molar-refractivity contribution in [2.75, 3.05) is 13.2 Å².